The molecule has 0 saturated carbocycles. The van der Waals surface area contributed by atoms with Crippen molar-refractivity contribution in [2.24, 2.45) is 5.92 Å². The highest BCUT2D eigenvalue weighted by atomic mass is 32.2. The van der Waals surface area contributed by atoms with Crippen LogP contribution in [0.5, 0.6) is 0 Å². The van der Waals surface area contributed by atoms with E-state index in [9.17, 15) is 13.2 Å². The molecule has 0 spiro atoms. The lowest BCUT2D eigenvalue weighted by molar-refractivity contribution is -0.142. The topological polar surface area (TPSA) is 54.5 Å². The molecule has 196 valence electrons. The van der Waals surface area contributed by atoms with Gasteiger partial charge in [-0.3, -0.25) is 4.79 Å². The molecule has 0 bridgehead atoms. The lowest BCUT2D eigenvalue weighted by atomic mass is 9.84. The van der Waals surface area contributed by atoms with Crippen molar-refractivity contribution < 1.29 is 13.2 Å². The standard InChI is InChI=1S/C30H37NO3S2Si/c1-29(2,3)37(5,6)31-27(32)26(22-36(4,33)34)28(31)35-30(23-16-10-7-11-17-23,24-18-12-8-13-19-24)25-20-14-9-15-21-25/h7-21,26,28H,22H2,1-6H3/t26-,28+/m0/s1. The summed E-state index contributed by atoms with van der Waals surface area (Å²) in [6.45, 7) is 11.0. The van der Waals surface area contributed by atoms with Crippen molar-refractivity contribution in [1.82, 2.24) is 4.57 Å². The number of nitrogens with zero attached hydrogens (tertiary/aromatic N) is 1. The van der Waals surface area contributed by atoms with Crippen LogP contribution < -0.4 is 0 Å². The van der Waals surface area contributed by atoms with Gasteiger partial charge in [-0.1, -0.05) is 125 Å². The molecule has 1 saturated heterocycles. The Morgan fingerprint density at radius 1 is 0.784 bits per heavy atom. The molecule has 3 aromatic rings. The molecule has 4 rings (SSSR count). The molecule has 0 aliphatic carbocycles. The third-order valence-electron chi connectivity index (χ3n) is 7.91. The number of thioether (sulfide) groups is 1. The van der Waals surface area contributed by atoms with Crippen LogP contribution in [0.3, 0.4) is 0 Å². The zero-order chi connectivity index (χ0) is 27.1. The second-order valence-electron chi connectivity index (χ2n) is 11.5. The number of carbonyl (C=O) groups is 1. The van der Waals surface area contributed by atoms with Gasteiger partial charge >= 0.3 is 0 Å². The van der Waals surface area contributed by atoms with Gasteiger partial charge in [-0.2, -0.15) is 0 Å². The summed E-state index contributed by atoms with van der Waals surface area (Å²) in [5.41, 5.74) is 3.31. The van der Waals surface area contributed by atoms with Crippen molar-refractivity contribution in [3.63, 3.8) is 0 Å². The SMILES string of the molecule is CC(C)(C)[Si](C)(C)N1C(=O)[C@H](CS(C)(=O)=O)[C@H]1SC(c1ccccc1)(c1ccccc1)c1ccccc1. The van der Waals surface area contributed by atoms with Crippen molar-refractivity contribution in [1.29, 1.82) is 0 Å². The first-order valence-corrected chi connectivity index (χ1v) is 18.5. The lowest BCUT2D eigenvalue weighted by Gasteiger charge is -2.59. The van der Waals surface area contributed by atoms with Crippen molar-refractivity contribution in [2.75, 3.05) is 12.0 Å². The predicted octanol–water partition coefficient (Wildman–Crippen LogP) is 6.55. The van der Waals surface area contributed by atoms with E-state index in [0.29, 0.717) is 0 Å². The van der Waals surface area contributed by atoms with Gasteiger partial charge in [-0.15, -0.1) is 11.8 Å². The van der Waals surface area contributed by atoms with Crippen molar-refractivity contribution in [3.8, 4) is 0 Å². The fourth-order valence-corrected chi connectivity index (χ4v) is 11.1. The molecule has 0 radical (unpaired) electrons. The van der Waals surface area contributed by atoms with Crippen LogP contribution in [0, 0.1) is 5.92 Å². The summed E-state index contributed by atoms with van der Waals surface area (Å²) in [6.07, 6.45) is 1.23. The third-order valence-corrected chi connectivity index (χ3v) is 16.3. The fraction of sp³-hybridized carbons (Fsp3) is 0.367. The van der Waals surface area contributed by atoms with Crippen molar-refractivity contribution in [2.45, 2.75) is 49.0 Å². The quantitative estimate of drug-likeness (QED) is 0.181. The molecule has 7 heteroatoms. The van der Waals surface area contributed by atoms with E-state index in [1.54, 1.807) is 11.8 Å². The third kappa shape index (κ3) is 5.18. The second-order valence-corrected chi connectivity index (χ2v) is 20.1. The molecule has 0 N–H and O–H groups in total. The Bertz CT molecular complexity index is 1240. The number of hydrogen-bond acceptors (Lipinski definition) is 4. The number of β-lactam (4-membered cyclic amide) rings is 1. The summed E-state index contributed by atoms with van der Waals surface area (Å²) in [7, 11) is -5.65. The van der Waals surface area contributed by atoms with E-state index >= 15 is 0 Å². The van der Waals surface area contributed by atoms with Gasteiger partial charge in [0.1, 0.15) is 9.84 Å². The molecule has 1 aliphatic heterocycles. The molecule has 37 heavy (non-hydrogen) atoms. The fourth-order valence-electron chi connectivity index (χ4n) is 5.00. The first kappa shape index (κ1) is 27.7. The number of sulfone groups is 1. The average Bonchev–Trinajstić information content (AvgIpc) is 2.85. The van der Waals surface area contributed by atoms with E-state index in [2.05, 4.69) is 74.8 Å². The Balaban J connectivity index is 1.96. The number of carbonyl (C=O) groups excluding carboxylic acids is 1. The second kappa shape index (κ2) is 10.1. The van der Waals surface area contributed by atoms with Crippen LogP contribution in [0.2, 0.25) is 18.1 Å². The lowest BCUT2D eigenvalue weighted by Crippen LogP contribution is -2.73. The molecular formula is C30H37NO3S2Si. The zero-order valence-electron chi connectivity index (χ0n) is 22.5. The van der Waals surface area contributed by atoms with E-state index in [1.165, 1.54) is 6.26 Å². The monoisotopic (exact) mass is 551 g/mol. The Morgan fingerprint density at radius 2 is 1.16 bits per heavy atom. The molecule has 0 unspecified atom stereocenters. The Kier molecular flexibility index (Phi) is 7.54. The van der Waals surface area contributed by atoms with Gasteiger partial charge in [-0.05, 0) is 21.7 Å². The average molecular weight is 552 g/mol. The van der Waals surface area contributed by atoms with Gasteiger partial charge in [0, 0.05) is 6.26 Å². The van der Waals surface area contributed by atoms with E-state index in [0.717, 1.165) is 16.7 Å². The normalized spacial score (nSPS) is 19.0. The van der Waals surface area contributed by atoms with Gasteiger partial charge in [0.25, 0.3) is 0 Å². The van der Waals surface area contributed by atoms with E-state index in [4.69, 9.17) is 0 Å². The largest absolute Gasteiger partial charge is 0.357 e. The molecule has 1 aliphatic rings. The molecule has 3 aromatic carbocycles. The summed E-state index contributed by atoms with van der Waals surface area (Å²) in [6, 6.07) is 31.1. The van der Waals surface area contributed by atoms with Crippen LogP contribution in [0.25, 0.3) is 0 Å². The molecule has 1 amide bonds. The maximum atomic E-state index is 13.7. The highest BCUT2D eigenvalue weighted by molar-refractivity contribution is 8.01. The molecule has 1 heterocycles. The van der Waals surface area contributed by atoms with Gasteiger partial charge in [0.2, 0.25) is 5.91 Å². The van der Waals surface area contributed by atoms with Crippen LogP contribution in [0.1, 0.15) is 37.5 Å². The molecular weight excluding hydrogens is 515 g/mol. The van der Waals surface area contributed by atoms with E-state index in [1.807, 2.05) is 54.6 Å². The van der Waals surface area contributed by atoms with Crippen LogP contribution in [0.4, 0.5) is 0 Å². The minimum Gasteiger partial charge on any atom is -0.357 e. The van der Waals surface area contributed by atoms with Crippen LogP contribution in [0.15, 0.2) is 91.0 Å². The number of rotatable bonds is 8. The highest BCUT2D eigenvalue weighted by Gasteiger charge is 2.60. The van der Waals surface area contributed by atoms with E-state index < -0.39 is 28.7 Å². The Morgan fingerprint density at radius 3 is 1.49 bits per heavy atom. The summed E-state index contributed by atoms with van der Waals surface area (Å²) in [5, 5.41) is -0.351. The predicted molar refractivity (Wildman–Crippen MR) is 158 cm³/mol. The van der Waals surface area contributed by atoms with E-state index in [-0.39, 0.29) is 22.1 Å². The van der Waals surface area contributed by atoms with Gasteiger partial charge in [0.05, 0.1) is 21.8 Å². The molecule has 4 nitrogen and oxygen atoms in total. The highest BCUT2D eigenvalue weighted by Crippen LogP contribution is 2.57. The summed E-state index contributed by atoms with van der Waals surface area (Å²) in [4.78, 5) is 13.7. The zero-order valence-corrected chi connectivity index (χ0v) is 25.1. The maximum Gasteiger partial charge on any atom is 0.222 e. The number of amides is 1. The minimum absolute atomic E-state index is 0.0300. The van der Waals surface area contributed by atoms with Crippen LogP contribution in [-0.2, 0) is 19.4 Å². The van der Waals surface area contributed by atoms with Crippen molar-refractivity contribution in [3.05, 3.63) is 108 Å². The number of benzene rings is 3. The van der Waals surface area contributed by atoms with Gasteiger partial charge in [0.15, 0.2) is 8.24 Å². The summed E-state index contributed by atoms with van der Waals surface area (Å²) < 4.78 is 26.4. The smallest absolute Gasteiger partial charge is 0.222 e. The summed E-state index contributed by atoms with van der Waals surface area (Å²) >= 11 is 1.72. The summed E-state index contributed by atoms with van der Waals surface area (Å²) in [5.74, 6) is -0.745. The first-order chi connectivity index (χ1) is 17.3. The maximum absolute atomic E-state index is 13.7. The van der Waals surface area contributed by atoms with Crippen LogP contribution >= 0.6 is 11.8 Å². The Labute approximate surface area is 227 Å². The van der Waals surface area contributed by atoms with Crippen LogP contribution in [-0.4, -0.2) is 44.5 Å². The molecule has 1 fully saturated rings. The Hall–Kier alpha value is -2.35. The number of hydrogen-bond donors (Lipinski definition) is 0. The van der Waals surface area contributed by atoms with Gasteiger partial charge < -0.3 is 4.57 Å². The molecule has 2 atom stereocenters. The van der Waals surface area contributed by atoms with Gasteiger partial charge in [-0.25, -0.2) is 8.42 Å². The molecule has 0 aromatic heterocycles. The first-order valence-electron chi connectivity index (χ1n) is 12.6. The van der Waals surface area contributed by atoms with Crippen molar-refractivity contribution >= 4 is 35.7 Å². The minimum atomic E-state index is -3.35.